The molecule has 21 heavy (non-hydrogen) atoms. The fourth-order valence-electron chi connectivity index (χ4n) is 2.45. The maximum atomic E-state index is 12.1. The van der Waals surface area contributed by atoms with Gasteiger partial charge < -0.3 is 20.9 Å². The van der Waals surface area contributed by atoms with E-state index in [1.807, 2.05) is 30.3 Å². The van der Waals surface area contributed by atoms with E-state index in [1.54, 1.807) is 0 Å². The van der Waals surface area contributed by atoms with Gasteiger partial charge in [-0.1, -0.05) is 30.3 Å². The second kappa shape index (κ2) is 6.69. The molecule has 1 heterocycles. The van der Waals surface area contributed by atoms with Crippen LogP contribution < -0.4 is 11.1 Å². The molecule has 1 fully saturated rings. The van der Waals surface area contributed by atoms with Crippen molar-refractivity contribution in [3.05, 3.63) is 35.9 Å². The van der Waals surface area contributed by atoms with Crippen LogP contribution in [0.2, 0.25) is 0 Å². The summed E-state index contributed by atoms with van der Waals surface area (Å²) >= 11 is 0. The van der Waals surface area contributed by atoms with Crippen molar-refractivity contribution in [3.8, 4) is 0 Å². The number of carbonyl (C=O) groups is 2. The largest absolute Gasteiger partial charge is 0.480 e. The molecule has 1 aromatic carbocycles. The molecule has 6 nitrogen and oxygen atoms in total. The Bertz CT molecular complexity index is 498. The SMILES string of the molecule is NC(CC(=O)NC1(C(=O)O)CCOCC1)c1ccccc1. The third-order valence-electron chi connectivity index (χ3n) is 3.77. The molecular weight excluding hydrogens is 272 g/mol. The van der Waals surface area contributed by atoms with Gasteiger partial charge in [-0.2, -0.15) is 0 Å². The average Bonchev–Trinajstić information content (AvgIpc) is 2.48. The highest BCUT2D eigenvalue weighted by atomic mass is 16.5. The maximum Gasteiger partial charge on any atom is 0.329 e. The fourth-order valence-corrected chi connectivity index (χ4v) is 2.45. The lowest BCUT2D eigenvalue weighted by Gasteiger charge is -2.34. The summed E-state index contributed by atoms with van der Waals surface area (Å²) in [4.78, 5) is 23.6. The topological polar surface area (TPSA) is 102 Å². The van der Waals surface area contributed by atoms with E-state index in [-0.39, 0.29) is 25.2 Å². The molecule has 4 N–H and O–H groups in total. The first-order chi connectivity index (χ1) is 10.0. The van der Waals surface area contributed by atoms with Crippen LogP contribution >= 0.6 is 0 Å². The number of benzene rings is 1. The number of carboxylic acid groups (broad SMARTS) is 1. The van der Waals surface area contributed by atoms with Crippen LogP contribution in [0.5, 0.6) is 0 Å². The Morgan fingerprint density at radius 2 is 1.90 bits per heavy atom. The number of hydrogen-bond donors (Lipinski definition) is 3. The number of nitrogens with two attached hydrogens (primary N) is 1. The van der Waals surface area contributed by atoms with E-state index < -0.39 is 17.6 Å². The van der Waals surface area contributed by atoms with E-state index in [4.69, 9.17) is 10.5 Å². The standard InChI is InChI=1S/C15H20N2O4/c16-12(11-4-2-1-3-5-11)10-13(18)17-15(14(19)20)6-8-21-9-7-15/h1-5,12H,6-10,16H2,(H,17,18)(H,19,20). The highest BCUT2D eigenvalue weighted by molar-refractivity contribution is 5.87. The zero-order chi connectivity index (χ0) is 15.3. The smallest absolute Gasteiger partial charge is 0.329 e. The van der Waals surface area contributed by atoms with Crippen LogP contribution in [0.25, 0.3) is 0 Å². The van der Waals surface area contributed by atoms with Gasteiger partial charge in [-0.05, 0) is 5.56 Å². The molecular formula is C15H20N2O4. The molecule has 0 spiro atoms. The summed E-state index contributed by atoms with van der Waals surface area (Å²) in [5, 5.41) is 12.0. The van der Waals surface area contributed by atoms with Crippen molar-refractivity contribution in [2.75, 3.05) is 13.2 Å². The van der Waals surface area contributed by atoms with Gasteiger partial charge in [-0.15, -0.1) is 0 Å². The van der Waals surface area contributed by atoms with Gasteiger partial charge in [0.1, 0.15) is 5.54 Å². The molecule has 114 valence electrons. The second-order valence-electron chi connectivity index (χ2n) is 5.27. The molecule has 0 saturated carbocycles. The van der Waals surface area contributed by atoms with E-state index in [0.717, 1.165) is 5.56 Å². The van der Waals surface area contributed by atoms with Gasteiger partial charge in [-0.3, -0.25) is 4.79 Å². The summed E-state index contributed by atoms with van der Waals surface area (Å²) in [6, 6.07) is 8.82. The molecule has 6 heteroatoms. The van der Waals surface area contributed by atoms with E-state index in [9.17, 15) is 14.7 Å². The van der Waals surface area contributed by atoms with Crippen molar-refractivity contribution < 1.29 is 19.4 Å². The lowest BCUT2D eigenvalue weighted by Crippen LogP contribution is -2.57. The molecule has 0 aliphatic carbocycles. The van der Waals surface area contributed by atoms with Crippen LogP contribution in [0.15, 0.2) is 30.3 Å². The third-order valence-corrected chi connectivity index (χ3v) is 3.77. The number of hydrogen-bond acceptors (Lipinski definition) is 4. The summed E-state index contributed by atoms with van der Waals surface area (Å²) in [7, 11) is 0. The Morgan fingerprint density at radius 1 is 1.29 bits per heavy atom. The lowest BCUT2D eigenvalue weighted by atomic mass is 9.89. The van der Waals surface area contributed by atoms with E-state index >= 15 is 0 Å². The zero-order valence-electron chi connectivity index (χ0n) is 11.7. The first kappa shape index (κ1) is 15.5. The minimum atomic E-state index is -1.23. The van der Waals surface area contributed by atoms with Crippen LogP contribution in [0.3, 0.4) is 0 Å². The van der Waals surface area contributed by atoms with Crippen molar-refractivity contribution in [1.29, 1.82) is 0 Å². The average molecular weight is 292 g/mol. The fraction of sp³-hybridized carbons (Fsp3) is 0.467. The van der Waals surface area contributed by atoms with Gasteiger partial charge in [0.25, 0.3) is 0 Å². The molecule has 1 amide bonds. The van der Waals surface area contributed by atoms with Crippen LogP contribution in [-0.4, -0.2) is 35.7 Å². The number of rotatable bonds is 5. The Morgan fingerprint density at radius 3 is 2.48 bits per heavy atom. The first-order valence-electron chi connectivity index (χ1n) is 6.96. The summed E-state index contributed by atoms with van der Waals surface area (Å²) in [6.45, 7) is 0.661. The summed E-state index contributed by atoms with van der Waals surface area (Å²) < 4.78 is 5.17. The number of carbonyl (C=O) groups excluding carboxylic acids is 1. The van der Waals surface area contributed by atoms with Crippen molar-refractivity contribution >= 4 is 11.9 Å². The number of nitrogens with one attached hydrogen (secondary N) is 1. The highest BCUT2D eigenvalue weighted by Crippen LogP contribution is 2.22. The van der Waals surface area contributed by atoms with Crippen LogP contribution in [0.1, 0.15) is 30.9 Å². The molecule has 1 aliphatic heterocycles. The van der Waals surface area contributed by atoms with Gasteiger partial charge in [0, 0.05) is 38.5 Å². The van der Waals surface area contributed by atoms with Gasteiger partial charge in [0.2, 0.25) is 5.91 Å². The van der Waals surface area contributed by atoms with Gasteiger partial charge in [0.05, 0.1) is 0 Å². The molecule has 1 aromatic rings. The predicted molar refractivity (Wildman–Crippen MR) is 76.5 cm³/mol. The monoisotopic (exact) mass is 292 g/mol. The quantitative estimate of drug-likeness (QED) is 0.746. The van der Waals surface area contributed by atoms with Crippen molar-refractivity contribution in [2.45, 2.75) is 30.8 Å². The molecule has 0 aromatic heterocycles. The van der Waals surface area contributed by atoms with Crippen LogP contribution in [0, 0.1) is 0 Å². The van der Waals surface area contributed by atoms with Crippen molar-refractivity contribution in [3.63, 3.8) is 0 Å². The first-order valence-corrected chi connectivity index (χ1v) is 6.96. The van der Waals surface area contributed by atoms with Gasteiger partial charge in [-0.25, -0.2) is 4.79 Å². The molecule has 1 unspecified atom stereocenters. The minimum absolute atomic E-state index is 0.0555. The lowest BCUT2D eigenvalue weighted by molar-refractivity contribution is -0.152. The second-order valence-corrected chi connectivity index (χ2v) is 5.27. The Labute approximate surface area is 123 Å². The third kappa shape index (κ3) is 3.80. The Hall–Kier alpha value is -1.92. The van der Waals surface area contributed by atoms with E-state index in [0.29, 0.717) is 13.2 Å². The van der Waals surface area contributed by atoms with Crippen LogP contribution in [0.4, 0.5) is 0 Å². The molecule has 0 radical (unpaired) electrons. The molecule has 1 aliphatic rings. The zero-order valence-corrected chi connectivity index (χ0v) is 11.7. The highest BCUT2D eigenvalue weighted by Gasteiger charge is 2.41. The molecule has 2 rings (SSSR count). The summed E-state index contributed by atoms with van der Waals surface area (Å²) in [6.07, 6.45) is 0.600. The normalized spacial score (nSPS) is 18.7. The van der Waals surface area contributed by atoms with Crippen molar-refractivity contribution in [1.82, 2.24) is 5.32 Å². The maximum absolute atomic E-state index is 12.1. The molecule has 0 bridgehead atoms. The van der Waals surface area contributed by atoms with Gasteiger partial charge >= 0.3 is 5.97 Å². The summed E-state index contributed by atoms with van der Waals surface area (Å²) in [5.74, 6) is -1.37. The molecule has 1 atom stereocenters. The Balaban J connectivity index is 1.98. The Kier molecular flexibility index (Phi) is 4.93. The predicted octanol–water partition coefficient (Wildman–Crippen LogP) is 0.827. The van der Waals surface area contributed by atoms with Crippen LogP contribution in [-0.2, 0) is 14.3 Å². The van der Waals surface area contributed by atoms with E-state index in [2.05, 4.69) is 5.32 Å². The van der Waals surface area contributed by atoms with Crippen molar-refractivity contribution in [2.24, 2.45) is 5.73 Å². The minimum Gasteiger partial charge on any atom is -0.480 e. The number of carboxylic acids is 1. The molecule has 1 saturated heterocycles. The summed E-state index contributed by atoms with van der Waals surface area (Å²) in [5.41, 5.74) is 5.61. The number of ether oxygens (including phenoxy) is 1. The van der Waals surface area contributed by atoms with E-state index in [1.165, 1.54) is 0 Å². The number of aliphatic carboxylic acids is 1. The van der Waals surface area contributed by atoms with Gasteiger partial charge in [0.15, 0.2) is 0 Å². The number of amides is 1.